The van der Waals surface area contributed by atoms with Crippen LogP contribution in [0.4, 0.5) is 18.9 Å². The summed E-state index contributed by atoms with van der Waals surface area (Å²) in [5.74, 6) is 0.0235. The molecule has 4 nitrogen and oxygen atoms in total. The first-order valence-corrected chi connectivity index (χ1v) is 5.84. The minimum absolute atomic E-state index is 0.0132. The van der Waals surface area contributed by atoms with E-state index in [-0.39, 0.29) is 18.7 Å². The van der Waals surface area contributed by atoms with Crippen molar-refractivity contribution in [3.8, 4) is 0 Å². The van der Waals surface area contributed by atoms with Crippen molar-refractivity contribution in [2.75, 3.05) is 5.73 Å². The van der Waals surface area contributed by atoms with Crippen LogP contribution in [0.3, 0.4) is 0 Å². The van der Waals surface area contributed by atoms with Crippen molar-refractivity contribution in [1.82, 2.24) is 9.55 Å². The van der Waals surface area contributed by atoms with E-state index >= 15 is 0 Å². The maximum Gasteiger partial charge on any atom is 0.412 e. The van der Waals surface area contributed by atoms with Gasteiger partial charge in [0.15, 0.2) is 0 Å². The fourth-order valence-electron chi connectivity index (χ4n) is 2.48. The van der Waals surface area contributed by atoms with Gasteiger partial charge in [0.05, 0.1) is 11.0 Å². The summed E-state index contributed by atoms with van der Waals surface area (Å²) in [5, 5.41) is 9.26. The number of hydrogen-bond donors (Lipinski definition) is 2. The second-order valence-corrected chi connectivity index (χ2v) is 4.80. The summed E-state index contributed by atoms with van der Waals surface area (Å²) in [5.41, 5.74) is 4.84. The van der Waals surface area contributed by atoms with Crippen LogP contribution in [0.25, 0.3) is 11.0 Å². The number of nitrogen functional groups attached to an aromatic ring is 1. The van der Waals surface area contributed by atoms with Crippen molar-refractivity contribution in [3.05, 3.63) is 24.0 Å². The van der Waals surface area contributed by atoms with E-state index in [2.05, 4.69) is 4.98 Å². The normalized spacial score (nSPS) is 17.9. The largest absolute Gasteiger partial charge is 0.412 e. The van der Waals surface area contributed by atoms with Gasteiger partial charge in [0.2, 0.25) is 0 Å². The van der Waals surface area contributed by atoms with Crippen molar-refractivity contribution in [2.45, 2.75) is 31.2 Å². The minimum Gasteiger partial charge on any atom is -0.399 e. The quantitative estimate of drug-likeness (QED) is 0.823. The van der Waals surface area contributed by atoms with Gasteiger partial charge in [0.25, 0.3) is 0 Å². The summed E-state index contributed by atoms with van der Waals surface area (Å²) < 4.78 is 40.8. The van der Waals surface area contributed by atoms with Crippen LogP contribution in [0.2, 0.25) is 0 Å². The van der Waals surface area contributed by atoms with Crippen molar-refractivity contribution in [3.63, 3.8) is 0 Å². The molecular formula is C12H12F3N3O. The van der Waals surface area contributed by atoms with E-state index < -0.39 is 18.3 Å². The summed E-state index contributed by atoms with van der Waals surface area (Å²) in [7, 11) is 0. The number of aliphatic hydroxyl groups is 1. The van der Waals surface area contributed by atoms with Crippen LogP contribution in [0.5, 0.6) is 0 Å². The molecule has 7 heteroatoms. The highest BCUT2D eigenvalue weighted by molar-refractivity contribution is 5.80. The fourth-order valence-corrected chi connectivity index (χ4v) is 2.48. The summed E-state index contributed by atoms with van der Waals surface area (Å²) >= 11 is 0. The molecule has 1 aromatic heterocycles. The number of benzene rings is 1. The predicted octanol–water partition coefficient (Wildman–Crippen LogP) is 2.16. The molecule has 0 bridgehead atoms. The topological polar surface area (TPSA) is 64.1 Å². The number of halogens is 3. The lowest BCUT2D eigenvalue weighted by Crippen LogP contribution is -2.35. The van der Waals surface area contributed by atoms with Crippen LogP contribution in [0.15, 0.2) is 18.2 Å². The molecule has 2 aromatic rings. The average Bonchev–Trinajstić information content (AvgIpc) is 3.05. The summed E-state index contributed by atoms with van der Waals surface area (Å²) in [6.45, 7) is -0.535. The molecule has 102 valence electrons. The second-order valence-electron chi connectivity index (χ2n) is 4.80. The zero-order valence-electron chi connectivity index (χ0n) is 9.91. The van der Waals surface area contributed by atoms with Gasteiger partial charge in [0.1, 0.15) is 18.0 Å². The van der Waals surface area contributed by atoms with Crippen molar-refractivity contribution < 1.29 is 18.3 Å². The van der Waals surface area contributed by atoms with Crippen LogP contribution < -0.4 is 5.73 Å². The number of alkyl halides is 3. The van der Waals surface area contributed by atoms with E-state index in [9.17, 15) is 18.3 Å². The molecule has 0 unspecified atom stereocenters. The third-order valence-corrected chi connectivity index (χ3v) is 3.57. The number of nitrogens with two attached hydrogens (primary N) is 1. The lowest BCUT2D eigenvalue weighted by Gasteiger charge is -2.23. The zero-order chi connectivity index (χ0) is 13.8. The van der Waals surface area contributed by atoms with E-state index in [1.807, 2.05) is 0 Å². The summed E-state index contributed by atoms with van der Waals surface area (Å²) in [6.07, 6.45) is -4.33. The zero-order valence-corrected chi connectivity index (χ0v) is 9.91. The molecule has 1 aliphatic carbocycles. The highest BCUT2D eigenvalue weighted by atomic mass is 19.4. The fraction of sp³-hybridized carbons (Fsp3) is 0.417. The Balaban J connectivity index is 2.28. The maximum absolute atomic E-state index is 13.2. The first-order chi connectivity index (χ1) is 8.89. The Morgan fingerprint density at radius 2 is 2.05 bits per heavy atom. The first kappa shape index (κ1) is 12.3. The lowest BCUT2D eigenvalue weighted by atomic mass is 10.2. The highest BCUT2D eigenvalue weighted by Gasteiger charge is 2.65. The van der Waals surface area contributed by atoms with Gasteiger partial charge in [-0.15, -0.1) is 0 Å². The van der Waals surface area contributed by atoms with Crippen LogP contribution in [-0.2, 0) is 12.1 Å². The number of hydrogen-bond acceptors (Lipinski definition) is 3. The monoisotopic (exact) mass is 271 g/mol. The number of fused-ring (bicyclic) bond motifs is 1. The maximum atomic E-state index is 13.2. The molecule has 1 aliphatic rings. The highest BCUT2D eigenvalue weighted by Crippen LogP contribution is 2.56. The van der Waals surface area contributed by atoms with Crippen LogP contribution in [-0.4, -0.2) is 20.8 Å². The van der Waals surface area contributed by atoms with Crippen molar-refractivity contribution in [1.29, 1.82) is 0 Å². The number of nitrogens with zero attached hydrogens (tertiary/aromatic N) is 2. The average molecular weight is 271 g/mol. The van der Waals surface area contributed by atoms with E-state index in [4.69, 9.17) is 5.73 Å². The second kappa shape index (κ2) is 3.63. The standard InChI is InChI=1S/C12H12F3N3O/c13-12(14,15)11(3-4-11)18-9-2-1-7(16)5-8(9)17-10(18)6-19/h1-2,5,19H,3-4,6,16H2. The van der Waals surface area contributed by atoms with Gasteiger partial charge in [-0.3, -0.25) is 0 Å². The molecule has 3 rings (SSSR count). The molecule has 1 aromatic carbocycles. The van der Waals surface area contributed by atoms with Gasteiger partial charge < -0.3 is 15.4 Å². The molecule has 0 radical (unpaired) electrons. The molecule has 0 amide bonds. The molecular weight excluding hydrogens is 259 g/mol. The number of imidazole rings is 1. The minimum atomic E-state index is -4.36. The Labute approximate surface area is 106 Å². The lowest BCUT2D eigenvalue weighted by molar-refractivity contribution is -0.179. The van der Waals surface area contributed by atoms with E-state index in [0.29, 0.717) is 16.7 Å². The Morgan fingerprint density at radius 3 is 2.58 bits per heavy atom. The number of anilines is 1. The van der Waals surface area contributed by atoms with Crippen LogP contribution in [0, 0.1) is 0 Å². The van der Waals surface area contributed by atoms with Gasteiger partial charge >= 0.3 is 6.18 Å². The molecule has 1 saturated carbocycles. The smallest absolute Gasteiger partial charge is 0.399 e. The van der Waals surface area contributed by atoms with E-state index in [1.54, 1.807) is 0 Å². The molecule has 19 heavy (non-hydrogen) atoms. The predicted molar refractivity (Wildman–Crippen MR) is 63.3 cm³/mol. The molecule has 1 heterocycles. The third-order valence-electron chi connectivity index (χ3n) is 3.57. The Hall–Kier alpha value is -1.76. The van der Waals surface area contributed by atoms with Crippen LogP contribution in [0.1, 0.15) is 18.7 Å². The Kier molecular flexibility index (Phi) is 2.35. The Bertz CT molecular complexity index is 643. The Morgan fingerprint density at radius 1 is 1.37 bits per heavy atom. The van der Waals surface area contributed by atoms with Gasteiger partial charge in [-0.1, -0.05) is 0 Å². The van der Waals surface area contributed by atoms with Crippen molar-refractivity contribution in [2.24, 2.45) is 0 Å². The number of aliphatic hydroxyl groups excluding tert-OH is 1. The van der Waals surface area contributed by atoms with E-state index in [0.717, 1.165) is 4.57 Å². The van der Waals surface area contributed by atoms with Gasteiger partial charge in [-0.2, -0.15) is 13.2 Å². The molecule has 3 N–H and O–H groups in total. The van der Waals surface area contributed by atoms with Crippen LogP contribution >= 0.6 is 0 Å². The molecule has 0 aliphatic heterocycles. The third kappa shape index (κ3) is 1.61. The molecule has 1 fully saturated rings. The molecule has 0 atom stereocenters. The molecule has 0 saturated heterocycles. The molecule has 0 spiro atoms. The summed E-state index contributed by atoms with van der Waals surface area (Å²) in [6, 6.07) is 4.56. The SMILES string of the molecule is Nc1ccc2c(c1)nc(CO)n2C1(C(F)(F)F)CC1. The van der Waals surface area contributed by atoms with E-state index in [1.165, 1.54) is 18.2 Å². The number of aromatic nitrogens is 2. The number of rotatable bonds is 2. The van der Waals surface area contributed by atoms with Gasteiger partial charge in [-0.25, -0.2) is 4.98 Å². The van der Waals surface area contributed by atoms with Gasteiger partial charge in [-0.05, 0) is 31.0 Å². The first-order valence-electron chi connectivity index (χ1n) is 5.84. The van der Waals surface area contributed by atoms with Crippen molar-refractivity contribution >= 4 is 16.7 Å². The van der Waals surface area contributed by atoms with Gasteiger partial charge in [0, 0.05) is 5.69 Å². The summed E-state index contributed by atoms with van der Waals surface area (Å²) in [4.78, 5) is 4.04.